The van der Waals surface area contributed by atoms with Gasteiger partial charge in [0.05, 0.1) is 11.9 Å². The second kappa shape index (κ2) is 7.43. The van der Waals surface area contributed by atoms with Gasteiger partial charge in [-0.15, -0.1) is 0 Å². The lowest BCUT2D eigenvalue weighted by Crippen LogP contribution is -2.44. The monoisotopic (exact) mass is 342 g/mol. The van der Waals surface area contributed by atoms with Gasteiger partial charge in [-0.05, 0) is 25.5 Å². The molecule has 1 saturated heterocycles. The first-order chi connectivity index (χ1) is 12.0. The highest BCUT2D eigenvalue weighted by Crippen LogP contribution is 2.15. The summed E-state index contributed by atoms with van der Waals surface area (Å²) in [5.41, 5.74) is 2.97. The van der Waals surface area contributed by atoms with E-state index in [1.807, 2.05) is 13.8 Å². The third-order valence-corrected chi connectivity index (χ3v) is 4.36. The Morgan fingerprint density at radius 3 is 2.80 bits per heavy atom. The van der Waals surface area contributed by atoms with E-state index in [9.17, 15) is 9.59 Å². The first-order valence-electron chi connectivity index (χ1n) is 8.29. The van der Waals surface area contributed by atoms with Crippen LogP contribution in [0.25, 0.3) is 0 Å². The molecule has 1 fully saturated rings. The first-order valence-corrected chi connectivity index (χ1v) is 8.29. The van der Waals surface area contributed by atoms with Gasteiger partial charge in [-0.25, -0.2) is 4.68 Å². The van der Waals surface area contributed by atoms with Gasteiger partial charge in [0, 0.05) is 49.8 Å². The van der Waals surface area contributed by atoms with Crippen molar-refractivity contribution in [2.45, 2.75) is 20.4 Å². The number of rotatable bonds is 4. The van der Waals surface area contributed by atoms with Crippen LogP contribution < -0.4 is 21.1 Å². The quantitative estimate of drug-likeness (QED) is 0.830. The molecule has 0 unspecified atom stereocenters. The van der Waals surface area contributed by atoms with Crippen molar-refractivity contribution in [1.82, 2.24) is 20.1 Å². The highest BCUT2D eigenvalue weighted by atomic mass is 16.2. The summed E-state index contributed by atoms with van der Waals surface area (Å²) < 4.78 is 1.17. The van der Waals surface area contributed by atoms with Gasteiger partial charge >= 0.3 is 0 Å². The molecule has 2 aromatic rings. The zero-order valence-corrected chi connectivity index (χ0v) is 14.5. The molecule has 8 heteroatoms. The van der Waals surface area contributed by atoms with Gasteiger partial charge in [0.1, 0.15) is 6.54 Å². The topological polar surface area (TPSA) is 92.2 Å². The molecule has 1 amide bonds. The van der Waals surface area contributed by atoms with Crippen molar-refractivity contribution in [2.75, 3.05) is 36.4 Å². The van der Waals surface area contributed by atoms with Crippen LogP contribution in [0.5, 0.6) is 0 Å². The molecule has 2 aromatic heterocycles. The van der Waals surface area contributed by atoms with Crippen LogP contribution in [-0.2, 0) is 11.3 Å². The van der Waals surface area contributed by atoms with Gasteiger partial charge in [0.15, 0.2) is 0 Å². The maximum Gasteiger partial charge on any atom is 0.269 e. The minimum Gasteiger partial charge on any atom is -0.368 e. The molecule has 0 atom stereocenters. The summed E-state index contributed by atoms with van der Waals surface area (Å²) in [6.07, 6.45) is 3.28. The Morgan fingerprint density at radius 2 is 2.08 bits per heavy atom. The maximum atomic E-state index is 12.3. The molecule has 3 rings (SSSR count). The van der Waals surface area contributed by atoms with Gasteiger partial charge in [0.25, 0.3) is 5.56 Å². The molecule has 1 aliphatic heterocycles. The van der Waals surface area contributed by atoms with Crippen LogP contribution in [0.4, 0.5) is 11.4 Å². The average Bonchev–Trinajstić information content (AvgIpc) is 2.61. The smallest absolute Gasteiger partial charge is 0.269 e. The van der Waals surface area contributed by atoms with Crippen molar-refractivity contribution >= 4 is 17.3 Å². The van der Waals surface area contributed by atoms with Crippen molar-refractivity contribution in [3.63, 3.8) is 0 Å². The number of carbonyl (C=O) groups excluding carboxylic acids is 1. The summed E-state index contributed by atoms with van der Waals surface area (Å²) in [6, 6.07) is 3.28. The summed E-state index contributed by atoms with van der Waals surface area (Å²) >= 11 is 0. The number of amides is 1. The Hall–Kier alpha value is -2.74. The number of nitrogens with zero attached hydrogens (tertiary/aromatic N) is 4. The zero-order valence-electron chi connectivity index (χ0n) is 14.5. The molecule has 1 aliphatic rings. The second-order valence-electron chi connectivity index (χ2n) is 6.06. The molecular weight excluding hydrogens is 320 g/mol. The number of pyridine rings is 1. The Balaban J connectivity index is 1.69. The molecule has 132 valence electrons. The fourth-order valence-electron chi connectivity index (χ4n) is 2.74. The van der Waals surface area contributed by atoms with Crippen LogP contribution in [0.15, 0.2) is 29.3 Å². The lowest BCUT2D eigenvalue weighted by atomic mass is 10.2. The molecule has 0 aromatic carbocycles. The first kappa shape index (κ1) is 17.1. The molecule has 0 aliphatic carbocycles. The van der Waals surface area contributed by atoms with Crippen molar-refractivity contribution in [2.24, 2.45) is 0 Å². The van der Waals surface area contributed by atoms with Gasteiger partial charge in [0.2, 0.25) is 5.91 Å². The van der Waals surface area contributed by atoms with Gasteiger partial charge < -0.3 is 15.5 Å². The second-order valence-corrected chi connectivity index (χ2v) is 6.06. The van der Waals surface area contributed by atoms with E-state index in [1.54, 1.807) is 18.5 Å². The normalized spacial score (nSPS) is 14.4. The fourth-order valence-corrected chi connectivity index (χ4v) is 2.74. The van der Waals surface area contributed by atoms with Crippen LogP contribution in [0.3, 0.4) is 0 Å². The number of nitrogens with one attached hydrogen (secondary N) is 2. The van der Waals surface area contributed by atoms with Gasteiger partial charge in [-0.1, -0.05) is 0 Å². The molecule has 8 nitrogen and oxygen atoms in total. The predicted octanol–water partition coefficient (Wildman–Crippen LogP) is 0.303. The lowest BCUT2D eigenvalue weighted by molar-refractivity contribution is -0.117. The van der Waals surface area contributed by atoms with Crippen molar-refractivity contribution in [3.8, 4) is 0 Å². The predicted molar refractivity (Wildman–Crippen MR) is 95.9 cm³/mol. The molecular formula is C17H22N6O2. The zero-order chi connectivity index (χ0) is 17.8. The number of piperazine rings is 1. The van der Waals surface area contributed by atoms with E-state index in [-0.39, 0.29) is 18.0 Å². The highest BCUT2D eigenvalue weighted by Gasteiger charge is 2.13. The van der Waals surface area contributed by atoms with E-state index in [2.05, 4.69) is 25.6 Å². The number of carbonyl (C=O) groups is 1. The molecule has 25 heavy (non-hydrogen) atoms. The molecule has 0 saturated carbocycles. The van der Waals surface area contributed by atoms with E-state index < -0.39 is 0 Å². The number of hydrogen-bond acceptors (Lipinski definition) is 6. The van der Waals surface area contributed by atoms with E-state index in [0.717, 1.165) is 43.1 Å². The fraction of sp³-hybridized carbons (Fsp3) is 0.412. The summed E-state index contributed by atoms with van der Waals surface area (Å²) in [4.78, 5) is 30.8. The minimum absolute atomic E-state index is 0.124. The summed E-state index contributed by atoms with van der Waals surface area (Å²) in [5.74, 6) is -0.293. The third kappa shape index (κ3) is 4.03. The van der Waals surface area contributed by atoms with Gasteiger partial charge in [-0.2, -0.15) is 5.10 Å². The SMILES string of the molecule is Cc1nccc(NC(=O)Cn2ncc(N3CCNCC3)cc2=O)c1C. The number of hydrogen-bond donors (Lipinski definition) is 2. The Bertz CT molecular complexity index is 826. The molecule has 2 N–H and O–H groups in total. The molecule has 0 spiro atoms. The number of anilines is 2. The lowest BCUT2D eigenvalue weighted by Gasteiger charge is -2.28. The maximum absolute atomic E-state index is 12.3. The summed E-state index contributed by atoms with van der Waals surface area (Å²) in [6.45, 7) is 7.10. The number of aryl methyl sites for hydroxylation is 1. The van der Waals surface area contributed by atoms with Crippen LogP contribution >= 0.6 is 0 Å². The molecule has 3 heterocycles. The Kier molecular flexibility index (Phi) is 5.08. The van der Waals surface area contributed by atoms with Crippen molar-refractivity contribution in [1.29, 1.82) is 0 Å². The number of aromatic nitrogens is 3. The highest BCUT2D eigenvalue weighted by molar-refractivity contribution is 5.91. The van der Waals surface area contributed by atoms with Crippen LogP contribution in [0, 0.1) is 13.8 Å². The third-order valence-electron chi connectivity index (χ3n) is 4.36. The summed E-state index contributed by atoms with van der Waals surface area (Å²) in [5, 5.41) is 10.2. The van der Waals surface area contributed by atoms with E-state index in [1.165, 1.54) is 10.7 Å². The van der Waals surface area contributed by atoms with Crippen LogP contribution in [0.1, 0.15) is 11.3 Å². The average molecular weight is 342 g/mol. The molecule has 0 radical (unpaired) electrons. The summed E-state index contributed by atoms with van der Waals surface area (Å²) in [7, 11) is 0. The molecule has 0 bridgehead atoms. The van der Waals surface area contributed by atoms with Crippen LogP contribution in [0.2, 0.25) is 0 Å². The van der Waals surface area contributed by atoms with Crippen molar-refractivity contribution in [3.05, 3.63) is 46.1 Å². The van der Waals surface area contributed by atoms with E-state index >= 15 is 0 Å². The van der Waals surface area contributed by atoms with E-state index in [4.69, 9.17) is 0 Å². The standard InChI is InChI=1S/C17H22N6O2/c1-12-13(2)19-4-3-15(12)21-16(24)11-23-17(25)9-14(10-20-23)22-7-5-18-6-8-22/h3-4,9-10,18H,5-8,11H2,1-2H3,(H,19,21,24). The largest absolute Gasteiger partial charge is 0.368 e. The Labute approximate surface area is 145 Å². The minimum atomic E-state index is -0.293. The van der Waals surface area contributed by atoms with Crippen molar-refractivity contribution < 1.29 is 4.79 Å². The van der Waals surface area contributed by atoms with Gasteiger partial charge in [-0.3, -0.25) is 14.6 Å². The van der Waals surface area contributed by atoms with E-state index in [0.29, 0.717) is 5.69 Å². The van der Waals surface area contributed by atoms with Crippen LogP contribution in [-0.4, -0.2) is 46.9 Å². The Morgan fingerprint density at radius 1 is 1.32 bits per heavy atom.